The van der Waals surface area contributed by atoms with Gasteiger partial charge < -0.3 is 42.0 Å². The van der Waals surface area contributed by atoms with Gasteiger partial charge >= 0.3 is 11.9 Å². The van der Waals surface area contributed by atoms with E-state index < -0.39 is 66.9 Å². The summed E-state index contributed by atoms with van der Waals surface area (Å²) in [4.78, 5) is 64.1. The Morgan fingerprint density at radius 2 is 1.63 bits per heavy atom. The Hall–Kier alpha value is -3.97. The lowest BCUT2D eigenvalue weighted by molar-refractivity contribution is -0.144. The molecule has 2 aromatic rings. The Labute approximate surface area is 219 Å². The maximum Gasteiger partial charge on any atom is 0.328 e. The second-order valence-corrected chi connectivity index (χ2v) is 9.12. The van der Waals surface area contributed by atoms with Crippen LogP contribution in [0.3, 0.4) is 0 Å². The van der Waals surface area contributed by atoms with E-state index >= 15 is 0 Å². The van der Waals surface area contributed by atoms with Gasteiger partial charge in [-0.25, -0.2) is 4.79 Å². The number of aromatic amines is 1. The number of nitrogens with one attached hydrogen (secondary N) is 4. The molecule has 0 spiro atoms. The number of amides is 3. The molecule has 13 nitrogen and oxygen atoms in total. The fraction of sp³-hybridized carbons (Fsp3) is 0.480. The van der Waals surface area contributed by atoms with Crippen LogP contribution in [0.25, 0.3) is 10.9 Å². The number of aliphatic hydroxyl groups excluding tert-OH is 1. The largest absolute Gasteiger partial charge is 0.481 e. The number of hydrogen-bond acceptors (Lipinski definition) is 7. The fourth-order valence-electron chi connectivity index (χ4n) is 3.85. The molecule has 0 aliphatic heterocycles. The standard InChI is InChI=1S/C25H35N5O8/c1-3-13(2)21(30-22(34)16(26)10-14-11-27-17-7-5-4-6-15(14)17)24(36)28-18(8-9-20(32)33)23(35)29-19(12-31)25(37)38/h4-7,11,13,16,18-19,21,27,31H,3,8-10,12,26H2,1-2H3,(H,28,36)(H,29,35)(H,30,34)(H,32,33)(H,37,38). The van der Waals surface area contributed by atoms with Crippen LogP contribution in [0, 0.1) is 5.92 Å². The van der Waals surface area contributed by atoms with Gasteiger partial charge in [0.25, 0.3) is 0 Å². The zero-order chi connectivity index (χ0) is 28.4. The summed E-state index contributed by atoms with van der Waals surface area (Å²) in [6, 6.07) is 2.38. The highest BCUT2D eigenvalue weighted by molar-refractivity contribution is 5.94. The van der Waals surface area contributed by atoms with Gasteiger partial charge in [-0.15, -0.1) is 0 Å². The number of para-hydroxylation sites is 1. The van der Waals surface area contributed by atoms with Crippen LogP contribution in [0.4, 0.5) is 0 Å². The number of fused-ring (bicyclic) bond motifs is 1. The van der Waals surface area contributed by atoms with Gasteiger partial charge in [0.05, 0.1) is 12.6 Å². The Balaban J connectivity index is 2.15. The molecule has 0 aliphatic rings. The zero-order valence-corrected chi connectivity index (χ0v) is 21.3. The fourth-order valence-corrected chi connectivity index (χ4v) is 3.85. The molecular formula is C25H35N5O8. The summed E-state index contributed by atoms with van der Waals surface area (Å²) in [6.45, 7) is 2.62. The van der Waals surface area contributed by atoms with E-state index in [4.69, 9.17) is 15.9 Å². The third-order valence-electron chi connectivity index (χ3n) is 6.32. The minimum absolute atomic E-state index is 0.200. The highest BCUT2D eigenvalue weighted by Gasteiger charge is 2.32. The summed E-state index contributed by atoms with van der Waals surface area (Å²) in [5, 5.41) is 35.3. The molecule has 0 fully saturated rings. The topological polar surface area (TPSA) is 224 Å². The van der Waals surface area contributed by atoms with E-state index in [1.54, 1.807) is 20.0 Å². The molecule has 1 aromatic heterocycles. The number of nitrogens with two attached hydrogens (primary N) is 1. The van der Waals surface area contributed by atoms with Crippen molar-refractivity contribution in [2.24, 2.45) is 11.7 Å². The van der Waals surface area contributed by atoms with Crippen LogP contribution in [-0.2, 0) is 30.4 Å². The third kappa shape index (κ3) is 8.28. The highest BCUT2D eigenvalue weighted by Crippen LogP contribution is 2.19. The van der Waals surface area contributed by atoms with Crippen molar-refractivity contribution in [1.29, 1.82) is 0 Å². The number of benzene rings is 1. The summed E-state index contributed by atoms with van der Waals surface area (Å²) in [7, 11) is 0. The predicted octanol–water partition coefficient (Wildman–Crippen LogP) is -0.520. The Bertz CT molecular complexity index is 1150. The summed E-state index contributed by atoms with van der Waals surface area (Å²) in [5.41, 5.74) is 7.87. The maximum atomic E-state index is 13.2. The molecule has 9 N–H and O–H groups in total. The van der Waals surface area contributed by atoms with Gasteiger partial charge in [-0.1, -0.05) is 38.5 Å². The minimum Gasteiger partial charge on any atom is -0.481 e. The lowest BCUT2D eigenvalue weighted by Gasteiger charge is -2.27. The lowest BCUT2D eigenvalue weighted by atomic mass is 9.96. The monoisotopic (exact) mass is 533 g/mol. The van der Waals surface area contributed by atoms with Crippen molar-refractivity contribution < 1.29 is 39.3 Å². The molecule has 3 amide bonds. The van der Waals surface area contributed by atoms with Crippen LogP contribution in [-0.4, -0.2) is 80.7 Å². The number of rotatable bonds is 15. The summed E-state index contributed by atoms with van der Waals surface area (Å²) in [5.74, 6) is -5.44. The molecule has 1 aromatic carbocycles. The maximum absolute atomic E-state index is 13.2. The predicted molar refractivity (Wildman–Crippen MR) is 137 cm³/mol. The molecule has 0 saturated heterocycles. The lowest BCUT2D eigenvalue weighted by Crippen LogP contribution is -2.59. The highest BCUT2D eigenvalue weighted by atomic mass is 16.4. The third-order valence-corrected chi connectivity index (χ3v) is 6.32. The number of carbonyl (C=O) groups is 5. The van der Waals surface area contributed by atoms with E-state index in [9.17, 15) is 29.1 Å². The van der Waals surface area contributed by atoms with E-state index in [0.29, 0.717) is 6.42 Å². The van der Waals surface area contributed by atoms with Crippen LogP contribution < -0.4 is 21.7 Å². The summed E-state index contributed by atoms with van der Waals surface area (Å²) in [6.07, 6.45) is 1.61. The zero-order valence-electron chi connectivity index (χ0n) is 21.3. The molecule has 0 saturated carbocycles. The van der Waals surface area contributed by atoms with Crippen LogP contribution in [0.15, 0.2) is 30.5 Å². The van der Waals surface area contributed by atoms with Gasteiger partial charge in [-0.05, 0) is 30.4 Å². The molecular weight excluding hydrogens is 498 g/mol. The molecule has 5 atom stereocenters. The number of hydrogen-bond donors (Lipinski definition) is 8. The number of aromatic nitrogens is 1. The number of carboxylic acids is 2. The Kier molecular flexibility index (Phi) is 11.2. The molecule has 2 rings (SSSR count). The van der Waals surface area contributed by atoms with Gasteiger partial charge in [0.2, 0.25) is 17.7 Å². The number of carboxylic acid groups (broad SMARTS) is 2. The van der Waals surface area contributed by atoms with Crippen LogP contribution >= 0.6 is 0 Å². The van der Waals surface area contributed by atoms with Crippen molar-refractivity contribution in [2.45, 2.75) is 63.7 Å². The van der Waals surface area contributed by atoms with Gasteiger partial charge in [0, 0.05) is 23.5 Å². The first-order chi connectivity index (χ1) is 18.0. The average Bonchev–Trinajstić information content (AvgIpc) is 3.29. The SMILES string of the molecule is CCC(C)C(NC(=O)C(N)Cc1c[nH]c2ccccc12)C(=O)NC(CCC(=O)O)C(=O)NC(CO)C(=O)O. The normalized spacial score (nSPS) is 15.1. The van der Waals surface area contributed by atoms with Crippen LogP contribution in [0.1, 0.15) is 38.7 Å². The van der Waals surface area contributed by atoms with E-state index in [-0.39, 0.29) is 18.8 Å². The van der Waals surface area contributed by atoms with E-state index in [1.807, 2.05) is 24.3 Å². The van der Waals surface area contributed by atoms with Crippen molar-refractivity contribution in [3.05, 3.63) is 36.0 Å². The van der Waals surface area contributed by atoms with Crippen molar-refractivity contribution in [3.63, 3.8) is 0 Å². The van der Waals surface area contributed by atoms with Crippen molar-refractivity contribution in [3.8, 4) is 0 Å². The molecule has 0 radical (unpaired) electrons. The quantitative estimate of drug-likeness (QED) is 0.147. The van der Waals surface area contributed by atoms with Crippen LogP contribution in [0.5, 0.6) is 0 Å². The molecule has 13 heteroatoms. The Morgan fingerprint density at radius 1 is 0.974 bits per heavy atom. The van der Waals surface area contributed by atoms with Gasteiger partial charge in [-0.2, -0.15) is 0 Å². The second-order valence-electron chi connectivity index (χ2n) is 9.12. The van der Waals surface area contributed by atoms with Gasteiger partial charge in [-0.3, -0.25) is 19.2 Å². The summed E-state index contributed by atoms with van der Waals surface area (Å²) >= 11 is 0. The van der Waals surface area contributed by atoms with E-state index in [1.165, 1.54) is 0 Å². The molecule has 0 aliphatic carbocycles. The molecule has 208 valence electrons. The average molecular weight is 534 g/mol. The first-order valence-electron chi connectivity index (χ1n) is 12.3. The number of aliphatic carboxylic acids is 2. The second kappa shape index (κ2) is 14.1. The number of carbonyl (C=O) groups excluding carboxylic acids is 3. The van der Waals surface area contributed by atoms with Gasteiger partial charge in [0.15, 0.2) is 0 Å². The molecule has 38 heavy (non-hydrogen) atoms. The van der Waals surface area contributed by atoms with Crippen molar-refractivity contribution in [1.82, 2.24) is 20.9 Å². The van der Waals surface area contributed by atoms with Crippen molar-refractivity contribution >= 4 is 40.6 Å². The minimum atomic E-state index is -1.64. The van der Waals surface area contributed by atoms with E-state index in [0.717, 1.165) is 16.5 Å². The van der Waals surface area contributed by atoms with Crippen molar-refractivity contribution in [2.75, 3.05) is 6.61 Å². The molecule has 0 bridgehead atoms. The van der Waals surface area contributed by atoms with Crippen LogP contribution in [0.2, 0.25) is 0 Å². The summed E-state index contributed by atoms with van der Waals surface area (Å²) < 4.78 is 0. The number of aliphatic hydroxyl groups is 1. The Morgan fingerprint density at radius 3 is 2.24 bits per heavy atom. The molecule has 1 heterocycles. The van der Waals surface area contributed by atoms with E-state index in [2.05, 4.69) is 20.9 Å². The smallest absolute Gasteiger partial charge is 0.328 e. The number of H-pyrrole nitrogens is 1. The molecule has 5 unspecified atom stereocenters. The first kappa shape index (κ1) is 30.3. The first-order valence-corrected chi connectivity index (χ1v) is 12.3. The van der Waals surface area contributed by atoms with Gasteiger partial charge in [0.1, 0.15) is 18.1 Å².